The summed E-state index contributed by atoms with van der Waals surface area (Å²) < 4.78 is 15.1. The first-order valence-corrected chi connectivity index (χ1v) is 7.09. The molecule has 0 atom stereocenters. The number of halogens is 1. The third-order valence-electron chi connectivity index (χ3n) is 3.50. The van der Waals surface area contributed by atoms with Crippen LogP contribution in [-0.4, -0.2) is 40.1 Å². The molecule has 124 valence electrons. The fraction of sp³-hybridized carbons (Fsp3) is 0.200. The highest BCUT2D eigenvalue weighted by Crippen LogP contribution is 2.27. The van der Waals surface area contributed by atoms with Gasteiger partial charge in [0.05, 0.1) is 22.8 Å². The van der Waals surface area contributed by atoms with E-state index in [-0.39, 0.29) is 17.2 Å². The second-order valence-electron chi connectivity index (χ2n) is 5.47. The Balaban J connectivity index is 2.06. The minimum Gasteiger partial charge on any atom is -0.381 e. The molecule has 24 heavy (non-hydrogen) atoms. The lowest BCUT2D eigenvalue weighted by Crippen LogP contribution is -2.10. The SMILES string of the molecule is CN(C)c1nn(C)c2ncc(Nc3nc(N)c(F)cc3C=O)cc12. The number of fused-ring (bicyclic) bond motifs is 1. The largest absolute Gasteiger partial charge is 0.381 e. The Bertz CT molecular complexity index is 935. The molecule has 3 rings (SSSR count). The number of nitrogens with zero attached hydrogens (tertiary/aromatic N) is 5. The van der Waals surface area contributed by atoms with E-state index in [9.17, 15) is 9.18 Å². The number of carbonyl (C=O) groups excluding carboxylic acids is 1. The molecule has 0 saturated heterocycles. The van der Waals surface area contributed by atoms with Gasteiger partial charge < -0.3 is 16.0 Å². The van der Waals surface area contributed by atoms with Gasteiger partial charge in [-0.3, -0.25) is 4.79 Å². The summed E-state index contributed by atoms with van der Waals surface area (Å²) >= 11 is 0. The number of pyridine rings is 2. The molecule has 0 spiro atoms. The number of nitrogens with two attached hydrogens (primary N) is 1. The van der Waals surface area contributed by atoms with Gasteiger partial charge >= 0.3 is 0 Å². The van der Waals surface area contributed by atoms with Crippen molar-refractivity contribution < 1.29 is 9.18 Å². The molecule has 0 saturated carbocycles. The summed E-state index contributed by atoms with van der Waals surface area (Å²) in [5.41, 5.74) is 6.85. The highest BCUT2D eigenvalue weighted by atomic mass is 19.1. The maximum absolute atomic E-state index is 13.4. The van der Waals surface area contributed by atoms with E-state index < -0.39 is 5.82 Å². The van der Waals surface area contributed by atoms with Crippen molar-refractivity contribution >= 4 is 40.5 Å². The van der Waals surface area contributed by atoms with Crippen LogP contribution in [0.2, 0.25) is 0 Å². The molecule has 0 amide bonds. The van der Waals surface area contributed by atoms with Crippen molar-refractivity contribution in [1.29, 1.82) is 0 Å². The van der Waals surface area contributed by atoms with Crippen molar-refractivity contribution in [2.45, 2.75) is 0 Å². The van der Waals surface area contributed by atoms with Gasteiger partial charge in [0.1, 0.15) is 5.82 Å². The Morgan fingerprint density at radius 2 is 2.12 bits per heavy atom. The summed E-state index contributed by atoms with van der Waals surface area (Å²) in [6, 6.07) is 2.87. The maximum atomic E-state index is 13.4. The summed E-state index contributed by atoms with van der Waals surface area (Å²) in [4.78, 5) is 21.2. The first-order valence-electron chi connectivity index (χ1n) is 7.09. The second-order valence-corrected chi connectivity index (χ2v) is 5.47. The van der Waals surface area contributed by atoms with Crippen LogP contribution in [0.3, 0.4) is 0 Å². The number of carbonyl (C=O) groups is 1. The molecule has 0 unspecified atom stereocenters. The molecule has 0 aromatic carbocycles. The average Bonchev–Trinajstić information content (AvgIpc) is 2.87. The van der Waals surface area contributed by atoms with Gasteiger partial charge in [0.25, 0.3) is 0 Å². The van der Waals surface area contributed by atoms with Crippen LogP contribution in [0, 0.1) is 5.82 Å². The number of aromatic nitrogens is 4. The fourth-order valence-corrected chi connectivity index (χ4v) is 2.37. The van der Waals surface area contributed by atoms with Gasteiger partial charge in [0.2, 0.25) is 0 Å². The third-order valence-corrected chi connectivity index (χ3v) is 3.50. The molecule has 0 fully saturated rings. The van der Waals surface area contributed by atoms with Gasteiger partial charge in [-0.25, -0.2) is 19.0 Å². The molecular weight excluding hydrogens is 313 g/mol. The fourth-order valence-electron chi connectivity index (χ4n) is 2.37. The van der Waals surface area contributed by atoms with Crippen molar-refractivity contribution in [3.05, 3.63) is 29.7 Å². The Hall–Kier alpha value is -3.23. The molecule has 0 radical (unpaired) electrons. The van der Waals surface area contributed by atoms with Crippen LogP contribution in [0.5, 0.6) is 0 Å². The van der Waals surface area contributed by atoms with Crippen LogP contribution in [-0.2, 0) is 7.05 Å². The van der Waals surface area contributed by atoms with Gasteiger partial charge in [0.15, 0.2) is 29.4 Å². The monoisotopic (exact) mass is 329 g/mol. The van der Waals surface area contributed by atoms with Crippen molar-refractivity contribution in [1.82, 2.24) is 19.7 Å². The molecule has 0 aliphatic heterocycles. The van der Waals surface area contributed by atoms with E-state index in [2.05, 4.69) is 20.4 Å². The first kappa shape index (κ1) is 15.7. The van der Waals surface area contributed by atoms with E-state index in [0.717, 1.165) is 17.3 Å². The second kappa shape index (κ2) is 5.76. The van der Waals surface area contributed by atoms with Crippen molar-refractivity contribution in [2.24, 2.45) is 7.05 Å². The van der Waals surface area contributed by atoms with Gasteiger partial charge in [-0.1, -0.05) is 0 Å². The molecule has 0 aliphatic carbocycles. The Morgan fingerprint density at radius 1 is 1.38 bits per heavy atom. The van der Waals surface area contributed by atoms with E-state index >= 15 is 0 Å². The van der Waals surface area contributed by atoms with Gasteiger partial charge in [-0.05, 0) is 12.1 Å². The van der Waals surface area contributed by atoms with E-state index in [4.69, 9.17) is 5.73 Å². The zero-order valence-electron chi connectivity index (χ0n) is 13.4. The Morgan fingerprint density at radius 3 is 2.79 bits per heavy atom. The van der Waals surface area contributed by atoms with Gasteiger partial charge in [-0.2, -0.15) is 5.10 Å². The van der Waals surface area contributed by atoms with Crippen molar-refractivity contribution in [3.8, 4) is 0 Å². The van der Waals surface area contributed by atoms with Crippen LogP contribution < -0.4 is 16.0 Å². The normalized spacial score (nSPS) is 10.8. The molecule has 9 heteroatoms. The first-order chi connectivity index (χ1) is 11.4. The molecule has 0 bridgehead atoms. The maximum Gasteiger partial charge on any atom is 0.166 e. The molecule has 3 heterocycles. The molecule has 8 nitrogen and oxygen atoms in total. The lowest BCUT2D eigenvalue weighted by molar-refractivity contribution is 0.112. The minimum absolute atomic E-state index is 0.0702. The smallest absolute Gasteiger partial charge is 0.166 e. The van der Waals surface area contributed by atoms with Gasteiger partial charge in [0, 0.05) is 21.1 Å². The summed E-state index contributed by atoms with van der Waals surface area (Å²) in [5.74, 6) is -0.0999. The van der Waals surface area contributed by atoms with E-state index in [1.807, 2.05) is 32.1 Å². The van der Waals surface area contributed by atoms with E-state index in [0.29, 0.717) is 17.6 Å². The Labute approximate surface area is 137 Å². The predicted octanol–water partition coefficient (Wildman–Crippen LogP) is 1.71. The molecule has 3 N–H and O–H groups in total. The summed E-state index contributed by atoms with van der Waals surface area (Å²) in [5, 5.41) is 8.19. The lowest BCUT2D eigenvalue weighted by atomic mass is 10.2. The third kappa shape index (κ3) is 2.60. The number of nitrogens with one attached hydrogen (secondary N) is 1. The number of aryl methyl sites for hydroxylation is 1. The highest BCUT2D eigenvalue weighted by molar-refractivity contribution is 5.91. The number of nitrogen functional groups attached to an aromatic ring is 1. The number of anilines is 4. The predicted molar refractivity (Wildman–Crippen MR) is 90.1 cm³/mol. The topological polar surface area (TPSA) is 102 Å². The Kier molecular flexibility index (Phi) is 3.76. The zero-order valence-corrected chi connectivity index (χ0v) is 13.4. The summed E-state index contributed by atoms with van der Waals surface area (Å²) in [6.45, 7) is 0. The lowest BCUT2D eigenvalue weighted by Gasteiger charge is -2.10. The van der Waals surface area contributed by atoms with Crippen molar-refractivity contribution in [3.63, 3.8) is 0 Å². The number of hydrogen-bond acceptors (Lipinski definition) is 7. The van der Waals surface area contributed by atoms with E-state index in [1.54, 1.807) is 10.9 Å². The standard InChI is InChI=1S/C15H16FN7O/c1-22(2)15-10-5-9(6-18-14(10)23(3)21-15)19-13-8(7-24)4-11(16)12(17)20-13/h4-7H,1-3H3,(H3,17,19,20). The molecule has 0 aliphatic rings. The highest BCUT2D eigenvalue weighted by Gasteiger charge is 2.14. The van der Waals surface area contributed by atoms with Crippen LogP contribution >= 0.6 is 0 Å². The van der Waals surface area contributed by atoms with E-state index in [1.165, 1.54) is 0 Å². The van der Waals surface area contributed by atoms with Crippen LogP contribution in [0.4, 0.5) is 27.5 Å². The number of rotatable bonds is 4. The van der Waals surface area contributed by atoms with Gasteiger partial charge in [-0.15, -0.1) is 0 Å². The van der Waals surface area contributed by atoms with Crippen molar-refractivity contribution in [2.75, 3.05) is 30.0 Å². The average molecular weight is 329 g/mol. The summed E-state index contributed by atoms with van der Waals surface area (Å²) in [6.07, 6.45) is 2.10. The van der Waals surface area contributed by atoms with Crippen LogP contribution in [0.1, 0.15) is 10.4 Å². The number of hydrogen-bond donors (Lipinski definition) is 2. The van der Waals surface area contributed by atoms with Crippen LogP contribution in [0.15, 0.2) is 18.3 Å². The molecular formula is C15H16FN7O. The minimum atomic E-state index is -0.738. The quantitative estimate of drug-likeness (QED) is 0.702. The molecule has 3 aromatic heterocycles. The zero-order chi connectivity index (χ0) is 17.4. The van der Waals surface area contributed by atoms with Crippen LogP contribution in [0.25, 0.3) is 11.0 Å². The number of aldehydes is 1. The molecule has 3 aromatic rings. The summed E-state index contributed by atoms with van der Waals surface area (Å²) in [7, 11) is 5.57.